The molecule has 0 aromatic carbocycles. The van der Waals surface area contributed by atoms with Crippen LogP contribution in [0.15, 0.2) is 30.7 Å². The molecule has 0 saturated heterocycles. The molecule has 174 valence electrons. The van der Waals surface area contributed by atoms with Gasteiger partial charge in [0.05, 0.1) is 24.4 Å². The van der Waals surface area contributed by atoms with Crippen molar-refractivity contribution >= 4 is 17.8 Å². The van der Waals surface area contributed by atoms with E-state index in [-0.39, 0.29) is 17.7 Å². The molecule has 2 amide bonds. The number of aliphatic hydroxyl groups excluding tert-OH is 1. The normalized spacial score (nSPS) is 19.5. The number of rotatable bonds is 8. The minimum atomic E-state index is -0.833. The lowest BCUT2D eigenvalue weighted by Crippen LogP contribution is -2.40. The lowest BCUT2D eigenvalue weighted by Gasteiger charge is -2.16. The predicted molar refractivity (Wildman–Crippen MR) is 114 cm³/mol. The monoisotopic (exact) mass is 446 g/mol. The van der Waals surface area contributed by atoms with Crippen molar-refractivity contribution in [2.75, 3.05) is 6.54 Å². The highest BCUT2D eigenvalue weighted by Gasteiger charge is 2.37. The summed E-state index contributed by atoms with van der Waals surface area (Å²) in [5.41, 5.74) is 1.82. The van der Waals surface area contributed by atoms with E-state index < -0.39 is 18.1 Å². The molecule has 0 unspecified atom stereocenters. The third kappa shape index (κ3) is 8.80. The molecule has 4 N–H and O–H groups in total. The van der Waals surface area contributed by atoms with Gasteiger partial charge in [-0.2, -0.15) is 0 Å². The van der Waals surface area contributed by atoms with Crippen molar-refractivity contribution in [1.82, 2.24) is 30.6 Å². The van der Waals surface area contributed by atoms with Gasteiger partial charge in [0.25, 0.3) is 5.97 Å². The van der Waals surface area contributed by atoms with E-state index in [0.717, 1.165) is 18.2 Å². The maximum atomic E-state index is 12.3. The first-order chi connectivity index (χ1) is 15.2. The number of hydrogen-bond donors (Lipinski definition) is 4. The Morgan fingerprint density at radius 2 is 2.03 bits per heavy atom. The second-order valence-electron chi connectivity index (χ2n) is 7.70. The number of carbonyl (C=O) groups excluding carboxylic acids is 2. The topological polar surface area (TPSA) is 159 Å². The number of hydrogen-bond acceptors (Lipinski definition) is 7. The van der Waals surface area contributed by atoms with Gasteiger partial charge in [0.1, 0.15) is 0 Å². The van der Waals surface area contributed by atoms with Gasteiger partial charge in [0.15, 0.2) is 0 Å². The van der Waals surface area contributed by atoms with Gasteiger partial charge < -0.3 is 20.8 Å². The number of amides is 2. The van der Waals surface area contributed by atoms with Gasteiger partial charge in [-0.1, -0.05) is 11.3 Å². The Hall–Kier alpha value is -3.34. The molecule has 1 aliphatic carbocycles. The largest absolute Gasteiger partial charge is 0.481 e. The number of aliphatic hydroxyl groups is 1. The minimum absolute atomic E-state index is 0.108. The van der Waals surface area contributed by atoms with E-state index in [1.54, 1.807) is 17.1 Å². The zero-order valence-corrected chi connectivity index (χ0v) is 18.3. The van der Waals surface area contributed by atoms with Crippen LogP contribution in [0.4, 0.5) is 0 Å². The standard InChI is InChI=1S/C19H26N6O3.C2H4O2/c1-13-12-25(24-23-13)8-7-21-19(28)15-9-16(17(26)10-15)22-18(27)5-4-14-3-2-6-20-11-14;1-2(3)4/h2-3,6,11-12,15-17,26H,4-5,7-10H2,1H3,(H,21,28)(H,22,27);1H3,(H,3,4)/t15-,16-,17-;/m0./s1. The third-order valence-electron chi connectivity index (χ3n) is 4.90. The van der Waals surface area contributed by atoms with Crippen molar-refractivity contribution in [2.45, 2.75) is 58.2 Å². The molecule has 32 heavy (non-hydrogen) atoms. The van der Waals surface area contributed by atoms with E-state index in [1.165, 1.54) is 0 Å². The van der Waals surface area contributed by atoms with E-state index in [1.807, 2.05) is 25.3 Å². The van der Waals surface area contributed by atoms with Crippen LogP contribution in [0.1, 0.15) is 37.4 Å². The van der Waals surface area contributed by atoms with E-state index in [9.17, 15) is 14.7 Å². The Morgan fingerprint density at radius 1 is 1.28 bits per heavy atom. The van der Waals surface area contributed by atoms with E-state index in [4.69, 9.17) is 9.90 Å². The molecule has 0 spiro atoms. The fraction of sp³-hybridized carbons (Fsp3) is 0.524. The second kappa shape index (κ2) is 12.5. The number of aliphatic carboxylic acids is 1. The summed E-state index contributed by atoms with van der Waals surface area (Å²) >= 11 is 0. The average Bonchev–Trinajstić information content (AvgIpc) is 3.32. The van der Waals surface area contributed by atoms with Crippen molar-refractivity contribution in [3.63, 3.8) is 0 Å². The Labute approximate surface area is 186 Å². The Balaban J connectivity index is 0.000000837. The number of nitrogens with zero attached hydrogens (tertiary/aromatic N) is 4. The number of pyridine rings is 1. The van der Waals surface area contributed by atoms with Crippen LogP contribution >= 0.6 is 0 Å². The van der Waals surface area contributed by atoms with Crippen molar-refractivity contribution in [1.29, 1.82) is 0 Å². The Kier molecular flexibility index (Phi) is 9.74. The summed E-state index contributed by atoms with van der Waals surface area (Å²) in [6, 6.07) is 3.36. The first-order valence-electron chi connectivity index (χ1n) is 10.4. The quantitative estimate of drug-likeness (QED) is 0.443. The molecule has 2 heterocycles. The molecule has 1 fully saturated rings. The van der Waals surface area contributed by atoms with Gasteiger partial charge in [-0.25, -0.2) is 0 Å². The van der Waals surface area contributed by atoms with Crippen LogP contribution in [-0.2, 0) is 27.3 Å². The van der Waals surface area contributed by atoms with Crippen LogP contribution in [0.3, 0.4) is 0 Å². The maximum absolute atomic E-state index is 12.3. The first-order valence-corrected chi connectivity index (χ1v) is 10.4. The summed E-state index contributed by atoms with van der Waals surface area (Å²) in [5, 5.41) is 31.2. The molecule has 3 atom stereocenters. The van der Waals surface area contributed by atoms with Crippen molar-refractivity contribution in [3.05, 3.63) is 42.0 Å². The number of aromatic nitrogens is 4. The molecule has 0 radical (unpaired) electrons. The summed E-state index contributed by atoms with van der Waals surface area (Å²) in [5.74, 6) is -1.38. The number of carboxylic acid groups (broad SMARTS) is 1. The Morgan fingerprint density at radius 3 is 2.66 bits per heavy atom. The van der Waals surface area contributed by atoms with Crippen molar-refractivity contribution < 1.29 is 24.6 Å². The Bertz CT molecular complexity index is 884. The molecule has 0 aliphatic heterocycles. The van der Waals surface area contributed by atoms with Crippen LogP contribution in [0.5, 0.6) is 0 Å². The van der Waals surface area contributed by atoms with Crippen LogP contribution in [0, 0.1) is 12.8 Å². The zero-order chi connectivity index (χ0) is 23.5. The zero-order valence-electron chi connectivity index (χ0n) is 18.3. The molecular weight excluding hydrogens is 416 g/mol. The number of nitrogens with one attached hydrogen (secondary N) is 2. The van der Waals surface area contributed by atoms with Gasteiger partial charge in [0.2, 0.25) is 11.8 Å². The molecule has 11 nitrogen and oxygen atoms in total. The van der Waals surface area contributed by atoms with Gasteiger partial charge >= 0.3 is 0 Å². The van der Waals surface area contributed by atoms with E-state index in [0.29, 0.717) is 38.8 Å². The van der Waals surface area contributed by atoms with Crippen LogP contribution in [0.25, 0.3) is 0 Å². The van der Waals surface area contributed by atoms with Crippen LogP contribution in [-0.4, -0.2) is 66.7 Å². The van der Waals surface area contributed by atoms with Gasteiger partial charge in [-0.15, -0.1) is 5.10 Å². The molecule has 0 bridgehead atoms. The molecule has 2 aromatic rings. The van der Waals surface area contributed by atoms with E-state index >= 15 is 0 Å². The summed E-state index contributed by atoms with van der Waals surface area (Å²) in [7, 11) is 0. The van der Waals surface area contributed by atoms with E-state index in [2.05, 4.69) is 25.9 Å². The summed E-state index contributed by atoms with van der Waals surface area (Å²) in [6.45, 7) is 3.92. The highest BCUT2D eigenvalue weighted by atomic mass is 16.4. The SMILES string of the molecule is CC(=O)O.Cc1cn(CCNC(=O)[C@H]2C[C@H](NC(=O)CCc3cccnc3)[C@@H](O)C2)nn1. The maximum Gasteiger partial charge on any atom is 0.300 e. The second-order valence-corrected chi connectivity index (χ2v) is 7.70. The summed E-state index contributed by atoms with van der Waals surface area (Å²) in [6.07, 6.45) is 6.22. The highest BCUT2D eigenvalue weighted by Crippen LogP contribution is 2.26. The third-order valence-corrected chi connectivity index (χ3v) is 4.90. The average molecular weight is 447 g/mol. The molecular formula is C21H30N6O5. The number of aryl methyl sites for hydroxylation is 2. The minimum Gasteiger partial charge on any atom is -0.481 e. The summed E-state index contributed by atoms with van der Waals surface area (Å²) < 4.78 is 1.67. The lowest BCUT2D eigenvalue weighted by molar-refractivity contribution is -0.134. The lowest BCUT2D eigenvalue weighted by atomic mass is 10.1. The molecule has 11 heteroatoms. The van der Waals surface area contributed by atoms with Crippen molar-refractivity contribution in [2.24, 2.45) is 5.92 Å². The highest BCUT2D eigenvalue weighted by molar-refractivity contribution is 5.80. The van der Waals surface area contributed by atoms with Gasteiger partial charge in [0, 0.05) is 44.4 Å². The van der Waals surface area contributed by atoms with Crippen molar-refractivity contribution in [3.8, 4) is 0 Å². The summed E-state index contributed by atoms with van der Waals surface area (Å²) in [4.78, 5) is 37.5. The molecule has 1 saturated carbocycles. The molecule has 2 aromatic heterocycles. The number of carboxylic acids is 1. The predicted octanol–water partition coefficient (Wildman–Crippen LogP) is 0.0771. The fourth-order valence-corrected chi connectivity index (χ4v) is 3.41. The van der Waals surface area contributed by atoms with Gasteiger partial charge in [-0.3, -0.25) is 24.0 Å². The number of carbonyl (C=O) groups is 3. The molecule has 1 aliphatic rings. The first kappa shape index (κ1) is 24.9. The van der Waals surface area contributed by atoms with Gasteiger partial charge in [-0.05, 0) is 37.8 Å². The molecule has 3 rings (SSSR count). The smallest absolute Gasteiger partial charge is 0.300 e. The fourth-order valence-electron chi connectivity index (χ4n) is 3.41. The van der Waals surface area contributed by atoms with Crippen LogP contribution in [0.2, 0.25) is 0 Å². The van der Waals surface area contributed by atoms with Crippen LogP contribution < -0.4 is 10.6 Å².